The zero-order valence-corrected chi connectivity index (χ0v) is 15.7. The number of nitrogen functional groups attached to an aromatic ring is 1. The van der Waals surface area contributed by atoms with Crippen LogP contribution in [0.4, 0.5) is 5.69 Å². The van der Waals surface area contributed by atoms with E-state index in [0.29, 0.717) is 10.6 Å². The van der Waals surface area contributed by atoms with E-state index in [4.69, 9.17) is 5.73 Å². The molecule has 26 heavy (non-hydrogen) atoms. The maximum atomic E-state index is 12.7. The van der Waals surface area contributed by atoms with Crippen molar-refractivity contribution in [2.45, 2.75) is 13.0 Å². The van der Waals surface area contributed by atoms with Crippen LogP contribution < -0.4 is 11.1 Å². The summed E-state index contributed by atoms with van der Waals surface area (Å²) >= 11 is 2.98. The topological polar surface area (TPSA) is 68.0 Å². The highest BCUT2D eigenvalue weighted by atomic mass is 32.1. The minimum absolute atomic E-state index is 0.0945. The van der Waals surface area contributed by atoms with Crippen LogP contribution in [0.25, 0.3) is 20.8 Å². The molecule has 3 heterocycles. The smallest absolute Gasteiger partial charge is 0.264 e. The number of anilines is 1. The Morgan fingerprint density at radius 3 is 2.65 bits per heavy atom. The van der Waals surface area contributed by atoms with Gasteiger partial charge >= 0.3 is 0 Å². The number of thiophene rings is 2. The van der Waals surface area contributed by atoms with Crippen LogP contribution >= 0.6 is 22.7 Å². The number of hydrogen-bond acceptors (Lipinski definition) is 5. The Labute approximate surface area is 159 Å². The van der Waals surface area contributed by atoms with Gasteiger partial charge in [-0.1, -0.05) is 36.4 Å². The number of amides is 1. The highest BCUT2D eigenvalue weighted by molar-refractivity contribution is 7.21. The van der Waals surface area contributed by atoms with Crippen LogP contribution in [0, 0.1) is 0 Å². The van der Waals surface area contributed by atoms with Crippen LogP contribution in [0.3, 0.4) is 0 Å². The Morgan fingerprint density at radius 2 is 1.92 bits per heavy atom. The summed E-state index contributed by atoms with van der Waals surface area (Å²) in [5.74, 6) is -0.167. The molecule has 4 rings (SSSR count). The third-order valence-corrected chi connectivity index (χ3v) is 6.23. The molecule has 0 spiro atoms. The molecule has 0 aliphatic carbocycles. The van der Waals surface area contributed by atoms with Gasteiger partial charge in [-0.15, -0.1) is 22.7 Å². The van der Waals surface area contributed by atoms with E-state index >= 15 is 0 Å². The molecule has 1 unspecified atom stereocenters. The lowest BCUT2D eigenvalue weighted by Crippen LogP contribution is -2.26. The molecular formula is C20H17N3OS2. The van der Waals surface area contributed by atoms with E-state index in [2.05, 4.69) is 10.3 Å². The number of carbonyl (C=O) groups is 1. The lowest BCUT2D eigenvalue weighted by Gasteiger charge is -2.13. The van der Waals surface area contributed by atoms with Crippen molar-refractivity contribution in [3.8, 4) is 10.6 Å². The van der Waals surface area contributed by atoms with E-state index in [0.717, 1.165) is 26.4 Å². The van der Waals surface area contributed by atoms with E-state index in [1.54, 1.807) is 11.3 Å². The molecule has 130 valence electrons. The predicted molar refractivity (Wildman–Crippen MR) is 110 cm³/mol. The molecular weight excluding hydrogens is 362 g/mol. The first kappa shape index (κ1) is 16.8. The normalized spacial score (nSPS) is 12.2. The van der Waals surface area contributed by atoms with Crippen LogP contribution in [0.15, 0.2) is 60.0 Å². The number of pyridine rings is 1. The van der Waals surface area contributed by atoms with Crippen LogP contribution in [-0.4, -0.2) is 10.9 Å². The zero-order chi connectivity index (χ0) is 18.1. The van der Waals surface area contributed by atoms with Crippen molar-refractivity contribution >= 4 is 44.5 Å². The number of nitrogens with zero attached hydrogens (tertiary/aromatic N) is 1. The minimum atomic E-state index is -0.167. The Morgan fingerprint density at radius 1 is 1.12 bits per heavy atom. The molecule has 1 aromatic carbocycles. The second kappa shape index (κ2) is 6.90. The van der Waals surface area contributed by atoms with Crippen molar-refractivity contribution < 1.29 is 4.79 Å². The molecule has 0 saturated heterocycles. The molecule has 4 aromatic rings. The van der Waals surface area contributed by atoms with Crippen LogP contribution in [-0.2, 0) is 0 Å². The molecule has 4 nitrogen and oxygen atoms in total. The first-order valence-corrected chi connectivity index (χ1v) is 9.92. The van der Waals surface area contributed by atoms with Gasteiger partial charge in [-0.2, -0.15) is 0 Å². The summed E-state index contributed by atoms with van der Waals surface area (Å²) in [6.45, 7) is 1.96. The SMILES string of the molecule is CC(NC(=O)c1sc2nc(-c3cccs3)ccc2c1N)c1ccccc1. The highest BCUT2D eigenvalue weighted by Crippen LogP contribution is 2.35. The maximum absolute atomic E-state index is 12.7. The third-order valence-electron chi connectivity index (χ3n) is 4.22. The monoisotopic (exact) mass is 379 g/mol. The van der Waals surface area contributed by atoms with E-state index in [1.807, 2.05) is 66.9 Å². The lowest BCUT2D eigenvalue weighted by atomic mass is 10.1. The molecule has 1 amide bonds. The van der Waals surface area contributed by atoms with Crippen LogP contribution in [0.5, 0.6) is 0 Å². The van der Waals surface area contributed by atoms with Gasteiger partial charge in [-0.25, -0.2) is 4.98 Å². The number of nitrogens with two attached hydrogens (primary N) is 1. The Balaban J connectivity index is 1.63. The fourth-order valence-electron chi connectivity index (χ4n) is 2.81. The Kier molecular flexibility index (Phi) is 4.44. The van der Waals surface area contributed by atoms with Gasteiger partial charge in [-0.05, 0) is 36.1 Å². The van der Waals surface area contributed by atoms with Gasteiger partial charge < -0.3 is 11.1 Å². The largest absolute Gasteiger partial charge is 0.397 e. The van der Waals surface area contributed by atoms with Crippen molar-refractivity contribution in [2.75, 3.05) is 5.73 Å². The molecule has 0 fully saturated rings. The van der Waals surface area contributed by atoms with Gasteiger partial charge in [0.05, 0.1) is 22.3 Å². The van der Waals surface area contributed by atoms with E-state index in [9.17, 15) is 4.79 Å². The molecule has 0 radical (unpaired) electrons. The maximum Gasteiger partial charge on any atom is 0.264 e. The summed E-state index contributed by atoms with van der Waals surface area (Å²) in [7, 11) is 0. The number of benzene rings is 1. The van der Waals surface area contributed by atoms with E-state index in [1.165, 1.54) is 11.3 Å². The number of aromatic nitrogens is 1. The van der Waals surface area contributed by atoms with E-state index < -0.39 is 0 Å². The first-order chi connectivity index (χ1) is 12.6. The highest BCUT2D eigenvalue weighted by Gasteiger charge is 2.19. The van der Waals surface area contributed by atoms with Crippen molar-refractivity contribution in [3.63, 3.8) is 0 Å². The van der Waals surface area contributed by atoms with Crippen molar-refractivity contribution in [2.24, 2.45) is 0 Å². The summed E-state index contributed by atoms with van der Waals surface area (Å²) in [5.41, 5.74) is 8.68. The molecule has 0 bridgehead atoms. The van der Waals surface area contributed by atoms with E-state index in [-0.39, 0.29) is 11.9 Å². The third kappa shape index (κ3) is 3.09. The molecule has 0 aliphatic heterocycles. The fraction of sp³-hybridized carbons (Fsp3) is 0.100. The fourth-order valence-corrected chi connectivity index (χ4v) is 4.51. The predicted octanol–water partition coefficient (Wildman–Crippen LogP) is 5.10. The number of nitrogens with one attached hydrogen (secondary N) is 1. The summed E-state index contributed by atoms with van der Waals surface area (Å²) in [6, 6.07) is 17.7. The molecule has 1 atom stereocenters. The van der Waals surface area contributed by atoms with Gasteiger partial charge in [0.1, 0.15) is 9.71 Å². The summed E-state index contributed by atoms with van der Waals surface area (Å²) in [6.07, 6.45) is 0. The van der Waals surface area contributed by atoms with Gasteiger partial charge in [-0.3, -0.25) is 4.79 Å². The van der Waals surface area contributed by atoms with Crippen LogP contribution in [0.1, 0.15) is 28.2 Å². The molecule has 3 aromatic heterocycles. The van der Waals surface area contributed by atoms with Crippen molar-refractivity contribution in [1.82, 2.24) is 10.3 Å². The minimum Gasteiger partial charge on any atom is -0.397 e. The average molecular weight is 380 g/mol. The van der Waals surface area contributed by atoms with Crippen molar-refractivity contribution in [1.29, 1.82) is 0 Å². The van der Waals surface area contributed by atoms with Gasteiger partial charge in [0.2, 0.25) is 0 Å². The second-order valence-electron chi connectivity index (χ2n) is 5.98. The standard InChI is InChI=1S/C20H17N3OS2/c1-12(13-6-3-2-4-7-13)22-19(24)18-17(21)14-9-10-15(23-20(14)26-18)16-8-5-11-25-16/h2-12H,21H2,1H3,(H,22,24). The molecule has 0 aliphatic rings. The number of carbonyl (C=O) groups excluding carboxylic acids is 1. The molecule has 3 N–H and O–H groups in total. The molecule has 0 saturated carbocycles. The Bertz CT molecular complexity index is 1060. The zero-order valence-electron chi connectivity index (χ0n) is 14.1. The number of rotatable bonds is 4. The quantitative estimate of drug-likeness (QED) is 0.518. The van der Waals surface area contributed by atoms with Gasteiger partial charge in [0, 0.05) is 5.39 Å². The summed E-state index contributed by atoms with van der Waals surface area (Å²) in [5, 5.41) is 5.87. The lowest BCUT2D eigenvalue weighted by molar-refractivity contribution is 0.0945. The number of fused-ring (bicyclic) bond motifs is 1. The average Bonchev–Trinajstić information content (AvgIpc) is 3.30. The van der Waals surface area contributed by atoms with Gasteiger partial charge in [0.15, 0.2) is 0 Å². The number of hydrogen-bond donors (Lipinski definition) is 2. The molecule has 6 heteroatoms. The van der Waals surface area contributed by atoms with Gasteiger partial charge in [0.25, 0.3) is 5.91 Å². The Hall–Kier alpha value is -2.70. The second-order valence-corrected chi connectivity index (χ2v) is 7.92. The van der Waals surface area contributed by atoms with Crippen LogP contribution in [0.2, 0.25) is 0 Å². The van der Waals surface area contributed by atoms with Crippen molar-refractivity contribution in [3.05, 3.63) is 70.4 Å². The summed E-state index contributed by atoms with van der Waals surface area (Å²) < 4.78 is 0. The summed E-state index contributed by atoms with van der Waals surface area (Å²) in [4.78, 5) is 19.8. The first-order valence-electron chi connectivity index (χ1n) is 8.22.